The maximum Gasteiger partial charge on any atom is 0.305 e. The molecule has 0 fully saturated rings. The number of aliphatic carboxylic acids is 1. The van der Waals surface area contributed by atoms with E-state index >= 15 is 0 Å². The molecule has 1 atom stereocenters. The van der Waals surface area contributed by atoms with Gasteiger partial charge in [-0.3, -0.25) is 9.59 Å². The summed E-state index contributed by atoms with van der Waals surface area (Å²) in [5.41, 5.74) is 0.960. The second-order valence-corrected chi connectivity index (χ2v) is 4.41. The molecule has 2 N–H and O–H groups in total. The lowest BCUT2D eigenvalue weighted by atomic mass is 10.1. The molecular formula is C12H15N5O3. The first-order valence-corrected chi connectivity index (χ1v) is 6.21. The molecule has 0 aliphatic carbocycles. The number of fused-ring (bicyclic) bond motifs is 1. The number of nitrogens with zero attached hydrogens (tertiary/aromatic N) is 4. The van der Waals surface area contributed by atoms with Gasteiger partial charge in [0.25, 0.3) is 11.7 Å². The van der Waals surface area contributed by atoms with Crippen LogP contribution in [0.3, 0.4) is 0 Å². The van der Waals surface area contributed by atoms with E-state index in [9.17, 15) is 9.59 Å². The lowest BCUT2D eigenvalue weighted by Crippen LogP contribution is -2.36. The topological polar surface area (TPSA) is 109 Å². The molecular weight excluding hydrogens is 262 g/mol. The molecule has 0 aliphatic rings. The van der Waals surface area contributed by atoms with Gasteiger partial charge in [0.2, 0.25) is 0 Å². The Labute approximate surface area is 114 Å². The third-order valence-electron chi connectivity index (χ3n) is 3.04. The van der Waals surface area contributed by atoms with Crippen molar-refractivity contribution in [3.63, 3.8) is 0 Å². The molecule has 1 unspecified atom stereocenters. The van der Waals surface area contributed by atoms with Gasteiger partial charge in [-0.25, -0.2) is 9.50 Å². The molecule has 106 valence electrons. The minimum Gasteiger partial charge on any atom is -0.481 e. The summed E-state index contributed by atoms with van der Waals surface area (Å²) in [7, 11) is 0. The van der Waals surface area contributed by atoms with Gasteiger partial charge in [0, 0.05) is 12.2 Å². The van der Waals surface area contributed by atoms with Crippen LogP contribution in [0, 0.1) is 6.92 Å². The first kappa shape index (κ1) is 13.9. The van der Waals surface area contributed by atoms with E-state index in [1.807, 2.05) is 6.92 Å². The number of amides is 1. The molecule has 0 aliphatic heterocycles. The Balaban J connectivity index is 2.22. The number of aromatic nitrogens is 4. The predicted molar refractivity (Wildman–Crippen MR) is 69.3 cm³/mol. The highest BCUT2D eigenvalue weighted by Crippen LogP contribution is 2.08. The molecule has 2 aromatic rings. The molecule has 2 rings (SSSR count). The van der Waals surface area contributed by atoms with Gasteiger partial charge < -0.3 is 10.4 Å². The number of aryl methyl sites for hydroxylation is 1. The van der Waals surface area contributed by atoms with Gasteiger partial charge in [0.1, 0.15) is 6.33 Å². The summed E-state index contributed by atoms with van der Waals surface area (Å²) in [4.78, 5) is 30.8. The van der Waals surface area contributed by atoms with Crippen molar-refractivity contribution in [1.29, 1.82) is 0 Å². The predicted octanol–water partition coefficient (Wildman–Crippen LogP) is 0.416. The number of nitrogens with one attached hydrogen (secondary N) is 1. The van der Waals surface area contributed by atoms with E-state index in [0.29, 0.717) is 23.5 Å². The maximum absolute atomic E-state index is 12.2. The Morgan fingerprint density at radius 3 is 2.85 bits per heavy atom. The van der Waals surface area contributed by atoms with Crippen LogP contribution in [0.1, 0.15) is 35.8 Å². The Morgan fingerprint density at radius 1 is 1.45 bits per heavy atom. The van der Waals surface area contributed by atoms with Crippen LogP contribution in [-0.2, 0) is 4.79 Å². The Kier molecular flexibility index (Phi) is 3.92. The van der Waals surface area contributed by atoms with Gasteiger partial charge in [-0.15, -0.1) is 0 Å². The van der Waals surface area contributed by atoms with Crippen molar-refractivity contribution in [2.24, 2.45) is 0 Å². The van der Waals surface area contributed by atoms with Crippen LogP contribution >= 0.6 is 0 Å². The zero-order valence-electron chi connectivity index (χ0n) is 11.2. The van der Waals surface area contributed by atoms with Crippen LogP contribution in [0.15, 0.2) is 12.5 Å². The van der Waals surface area contributed by atoms with Crippen LogP contribution < -0.4 is 5.32 Å². The Bertz CT molecular complexity index is 652. The summed E-state index contributed by atoms with van der Waals surface area (Å²) in [5.74, 6) is -0.893. The summed E-state index contributed by atoms with van der Waals surface area (Å²) >= 11 is 0. The molecule has 8 heteroatoms. The highest BCUT2D eigenvalue weighted by Gasteiger charge is 2.18. The summed E-state index contributed by atoms with van der Waals surface area (Å²) < 4.78 is 1.47. The number of carboxylic acids is 1. The van der Waals surface area contributed by atoms with E-state index in [1.54, 1.807) is 6.92 Å². The minimum absolute atomic E-state index is 0.111. The van der Waals surface area contributed by atoms with Crippen molar-refractivity contribution >= 4 is 17.7 Å². The van der Waals surface area contributed by atoms with E-state index in [0.717, 1.165) is 0 Å². The molecule has 0 spiro atoms. The van der Waals surface area contributed by atoms with Gasteiger partial charge in [-0.2, -0.15) is 10.1 Å². The van der Waals surface area contributed by atoms with Gasteiger partial charge in [-0.05, 0) is 13.3 Å². The maximum atomic E-state index is 12.2. The molecule has 1 amide bonds. The molecule has 2 aromatic heterocycles. The largest absolute Gasteiger partial charge is 0.481 e. The Morgan fingerprint density at radius 2 is 2.20 bits per heavy atom. The number of carboxylic acid groups (broad SMARTS) is 1. The Hall–Kier alpha value is -2.51. The van der Waals surface area contributed by atoms with Crippen LogP contribution in [0.5, 0.6) is 0 Å². The number of carbonyl (C=O) groups excluding carboxylic acids is 1. The van der Waals surface area contributed by atoms with Crippen LogP contribution in [0.4, 0.5) is 0 Å². The lowest BCUT2D eigenvalue weighted by Gasteiger charge is -2.15. The third-order valence-corrected chi connectivity index (χ3v) is 3.04. The van der Waals surface area contributed by atoms with Gasteiger partial charge in [-0.1, -0.05) is 6.92 Å². The molecule has 0 saturated carbocycles. The summed E-state index contributed by atoms with van der Waals surface area (Å²) in [5, 5.41) is 15.4. The number of hydrogen-bond acceptors (Lipinski definition) is 5. The lowest BCUT2D eigenvalue weighted by molar-refractivity contribution is -0.137. The molecule has 8 nitrogen and oxygen atoms in total. The fourth-order valence-electron chi connectivity index (χ4n) is 1.88. The van der Waals surface area contributed by atoms with Crippen molar-refractivity contribution in [2.45, 2.75) is 32.7 Å². The summed E-state index contributed by atoms with van der Waals surface area (Å²) in [6.07, 6.45) is 3.20. The molecule has 0 radical (unpaired) electrons. The summed E-state index contributed by atoms with van der Waals surface area (Å²) in [6.45, 7) is 3.55. The fourth-order valence-corrected chi connectivity index (χ4v) is 1.88. The zero-order valence-corrected chi connectivity index (χ0v) is 11.2. The minimum atomic E-state index is -0.946. The first-order valence-electron chi connectivity index (χ1n) is 6.21. The standard InChI is InChI=1S/C12H15N5O3/c1-3-8(4-10(18)19)16-11(20)9-5-13-12-14-6-15-17(12)7(9)2/h5-6,8H,3-4H2,1-2H3,(H,16,20)(H,18,19). The number of hydrogen-bond donors (Lipinski definition) is 2. The first-order chi connectivity index (χ1) is 9.52. The second kappa shape index (κ2) is 5.64. The van der Waals surface area contributed by atoms with Crippen molar-refractivity contribution in [1.82, 2.24) is 24.9 Å². The van der Waals surface area contributed by atoms with E-state index in [4.69, 9.17) is 5.11 Å². The van der Waals surface area contributed by atoms with Gasteiger partial charge >= 0.3 is 5.97 Å². The average Bonchev–Trinajstić information content (AvgIpc) is 2.86. The van der Waals surface area contributed by atoms with E-state index in [1.165, 1.54) is 17.0 Å². The molecule has 2 heterocycles. The van der Waals surface area contributed by atoms with E-state index in [2.05, 4.69) is 20.4 Å². The number of rotatable bonds is 5. The summed E-state index contributed by atoms with van der Waals surface area (Å²) in [6, 6.07) is -0.411. The number of carbonyl (C=O) groups is 2. The normalized spacial score (nSPS) is 12.3. The third kappa shape index (κ3) is 2.73. The van der Waals surface area contributed by atoms with Crippen molar-refractivity contribution in [3.05, 3.63) is 23.8 Å². The zero-order chi connectivity index (χ0) is 14.7. The highest BCUT2D eigenvalue weighted by atomic mass is 16.4. The van der Waals surface area contributed by atoms with Gasteiger partial charge in [0.15, 0.2) is 0 Å². The van der Waals surface area contributed by atoms with Crippen molar-refractivity contribution in [3.8, 4) is 0 Å². The van der Waals surface area contributed by atoms with Crippen LogP contribution in [0.2, 0.25) is 0 Å². The van der Waals surface area contributed by atoms with E-state index in [-0.39, 0.29) is 12.3 Å². The highest BCUT2D eigenvalue weighted by molar-refractivity contribution is 5.95. The van der Waals surface area contributed by atoms with Crippen molar-refractivity contribution < 1.29 is 14.7 Å². The van der Waals surface area contributed by atoms with Crippen LogP contribution in [0.25, 0.3) is 5.78 Å². The monoisotopic (exact) mass is 277 g/mol. The smallest absolute Gasteiger partial charge is 0.305 e. The molecule has 0 bridgehead atoms. The fraction of sp³-hybridized carbons (Fsp3) is 0.417. The molecule has 0 aromatic carbocycles. The second-order valence-electron chi connectivity index (χ2n) is 4.41. The van der Waals surface area contributed by atoms with Crippen molar-refractivity contribution in [2.75, 3.05) is 0 Å². The molecule has 20 heavy (non-hydrogen) atoms. The quantitative estimate of drug-likeness (QED) is 0.819. The average molecular weight is 277 g/mol. The SMILES string of the molecule is CCC(CC(=O)O)NC(=O)c1cnc2ncnn2c1C. The molecule has 0 saturated heterocycles. The van der Waals surface area contributed by atoms with E-state index < -0.39 is 12.0 Å². The van der Waals surface area contributed by atoms with Gasteiger partial charge in [0.05, 0.1) is 17.7 Å². The van der Waals surface area contributed by atoms with Crippen LogP contribution in [-0.4, -0.2) is 42.6 Å².